The molecule has 0 aliphatic carbocycles. The van der Waals surface area contributed by atoms with Crippen molar-refractivity contribution in [2.45, 2.75) is 6.54 Å². The highest BCUT2D eigenvalue weighted by atomic mass is 16.4. The van der Waals surface area contributed by atoms with Crippen LogP contribution >= 0.6 is 0 Å². The van der Waals surface area contributed by atoms with Crippen LogP contribution in [0.2, 0.25) is 0 Å². The molecule has 1 aliphatic rings. The standard InChI is InChI=1S/C28H25N3O3/c32-27(21-11-5-2-6-12-21)31-17-15-30(16-18-31)19-23-25(28(33)34)22-13-7-8-14-24(22)29-26(23)20-9-3-1-4-10-20/h1-14H,15-19H2,(H,33,34). The summed E-state index contributed by atoms with van der Waals surface area (Å²) in [5.74, 6) is -0.924. The van der Waals surface area contributed by atoms with Crippen LogP contribution in [0.4, 0.5) is 0 Å². The van der Waals surface area contributed by atoms with Crippen LogP contribution in [0.15, 0.2) is 84.9 Å². The summed E-state index contributed by atoms with van der Waals surface area (Å²) in [7, 11) is 0. The Hall–Kier alpha value is -4.03. The summed E-state index contributed by atoms with van der Waals surface area (Å²) in [5.41, 5.74) is 3.95. The molecule has 34 heavy (non-hydrogen) atoms. The van der Waals surface area contributed by atoms with E-state index in [1.165, 1.54) is 0 Å². The summed E-state index contributed by atoms with van der Waals surface area (Å²) < 4.78 is 0. The lowest BCUT2D eigenvalue weighted by Gasteiger charge is -2.35. The topological polar surface area (TPSA) is 73.7 Å². The van der Waals surface area contributed by atoms with Crippen LogP contribution in [0.5, 0.6) is 0 Å². The molecule has 1 aromatic heterocycles. The summed E-state index contributed by atoms with van der Waals surface area (Å²) in [5, 5.41) is 10.8. The van der Waals surface area contributed by atoms with Crippen molar-refractivity contribution < 1.29 is 14.7 Å². The summed E-state index contributed by atoms with van der Waals surface area (Å²) in [6, 6.07) is 26.4. The van der Waals surface area contributed by atoms with Crippen LogP contribution in [0.25, 0.3) is 22.2 Å². The maximum Gasteiger partial charge on any atom is 0.336 e. The zero-order valence-corrected chi connectivity index (χ0v) is 18.7. The van der Waals surface area contributed by atoms with Gasteiger partial charge in [0, 0.05) is 54.8 Å². The fourth-order valence-corrected chi connectivity index (χ4v) is 4.58. The Labute approximate surface area is 198 Å². The number of carboxylic acids is 1. The van der Waals surface area contributed by atoms with Gasteiger partial charge < -0.3 is 10.0 Å². The summed E-state index contributed by atoms with van der Waals surface area (Å²) in [6.07, 6.45) is 0. The molecule has 2 heterocycles. The van der Waals surface area contributed by atoms with Crippen molar-refractivity contribution >= 4 is 22.8 Å². The zero-order valence-electron chi connectivity index (χ0n) is 18.7. The number of hydrogen-bond donors (Lipinski definition) is 1. The molecular formula is C28H25N3O3. The first-order chi connectivity index (χ1) is 16.6. The van der Waals surface area contributed by atoms with E-state index in [0.717, 1.165) is 5.56 Å². The Bertz CT molecular complexity index is 1330. The predicted molar refractivity (Wildman–Crippen MR) is 132 cm³/mol. The maximum absolute atomic E-state index is 12.8. The number of fused-ring (bicyclic) bond motifs is 1. The minimum atomic E-state index is -0.955. The van der Waals surface area contributed by atoms with Gasteiger partial charge in [0.2, 0.25) is 0 Å². The first-order valence-corrected chi connectivity index (χ1v) is 11.4. The second-order valence-electron chi connectivity index (χ2n) is 8.44. The highest BCUT2D eigenvalue weighted by Crippen LogP contribution is 2.31. The van der Waals surface area contributed by atoms with Crippen molar-refractivity contribution in [2.75, 3.05) is 26.2 Å². The molecule has 4 aromatic rings. The van der Waals surface area contributed by atoms with E-state index in [0.29, 0.717) is 66.0 Å². The van der Waals surface area contributed by atoms with Gasteiger partial charge in [-0.25, -0.2) is 9.78 Å². The van der Waals surface area contributed by atoms with Crippen molar-refractivity contribution in [2.24, 2.45) is 0 Å². The summed E-state index contributed by atoms with van der Waals surface area (Å²) in [6.45, 7) is 2.98. The Balaban J connectivity index is 1.46. The molecule has 0 unspecified atom stereocenters. The molecular weight excluding hydrogens is 426 g/mol. The number of aromatic carboxylic acids is 1. The number of rotatable bonds is 5. The molecule has 1 fully saturated rings. The lowest BCUT2D eigenvalue weighted by Crippen LogP contribution is -2.48. The molecule has 0 atom stereocenters. The lowest BCUT2D eigenvalue weighted by molar-refractivity contribution is 0.0627. The van der Waals surface area contributed by atoms with E-state index in [2.05, 4.69) is 4.90 Å². The largest absolute Gasteiger partial charge is 0.478 e. The van der Waals surface area contributed by atoms with Crippen LogP contribution in [-0.4, -0.2) is 57.9 Å². The van der Waals surface area contributed by atoms with E-state index >= 15 is 0 Å². The number of carboxylic acid groups (broad SMARTS) is 1. The highest BCUT2D eigenvalue weighted by molar-refractivity contribution is 6.05. The first kappa shape index (κ1) is 21.8. The lowest BCUT2D eigenvalue weighted by atomic mass is 9.96. The second kappa shape index (κ2) is 9.45. The molecule has 0 bridgehead atoms. The fraction of sp³-hybridized carbons (Fsp3) is 0.179. The van der Waals surface area contributed by atoms with Crippen molar-refractivity contribution in [1.29, 1.82) is 0 Å². The SMILES string of the molecule is O=C(O)c1c(CN2CCN(C(=O)c3ccccc3)CC2)c(-c2ccccc2)nc2ccccc12. The number of amides is 1. The van der Waals surface area contributed by atoms with E-state index in [1.54, 1.807) is 0 Å². The minimum Gasteiger partial charge on any atom is -0.478 e. The van der Waals surface area contributed by atoms with Crippen molar-refractivity contribution in [3.63, 3.8) is 0 Å². The number of aromatic nitrogens is 1. The van der Waals surface area contributed by atoms with Crippen LogP contribution in [0, 0.1) is 0 Å². The normalized spacial score (nSPS) is 14.3. The molecule has 0 saturated carbocycles. The molecule has 5 rings (SSSR count). The Morgan fingerprint density at radius 2 is 1.41 bits per heavy atom. The van der Waals surface area contributed by atoms with Gasteiger partial charge in [0.15, 0.2) is 0 Å². The zero-order chi connectivity index (χ0) is 23.5. The predicted octanol–water partition coefficient (Wildman–Crippen LogP) is 4.56. The molecule has 6 nitrogen and oxygen atoms in total. The molecule has 0 spiro atoms. The van der Waals surface area contributed by atoms with Crippen LogP contribution in [-0.2, 0) is 6.54 Å². The smallest absolute Gasteiger partial charge is 0.336 e. The maximum atomic E-state index is 12.8. The average Bonchev–Trinajstić information content (AvgIpc) is 2.89. The van der Waals surface area contributed by atoms with Gasteiger partial charge in [-0.05, 0) is 18.2 Å². The van der Waals surface area contributed by atoms with E-state index in [1.807, 2.05) is 89.8 Å². The molecule has 1 amide bonds. The number of para-hydroxylation sites is 1. The molecule has 1 aliphatic heterocycles. The van der Waals surface area contributed by atoms with E-state index in [9.17, 15) is 14.7 Å². The third-order valence-electron chi connectivity index (χ3n) is 6.32. The van der Waals surface area contributed by atoms with Crippen LogP contribution < -0.4 is 0 Å². The molecule has 0 radical (unpaired) electrons. The molecule has 6 heteroatoms. The van der Waals surface area contributed by atoms with E-state index in [4.69, 9.17) is 4.98 Å². The van der Waals surface area contributed by atoms with Gasteiger partial charge in [-0.3, -0.25) is 9.69 Å². The Morgan fingerprint density at radius 3 is 2.09 bits per heavy atom. The van der Waals surface area contributed by atoms with E-state index in [-0.39, 0.29) is 5.91 Å². The summed E-state index contributed by atoms with van der Waals surface area (Å²) >= 11 is 0. The molecule has 1 saturated heterocycles. The molecule has 3 aromatic carbocycles. The van der Waals surface area contributed by atoms with Gasteiger partial charge in [0.05, 0.1) is 16.8 Å². The Morgan fingerprint density at radius 1 is 0.794 bits per heavy atom. The number of piperazine rings is 1. The summed E-state index contributed by atoms with van der Waals surface area (Å²) in [4.78, 5) is 34.2. The first-order valence-electron chi connectivity index (χ1n) is 11.4. The number of benzene rings is 3. The van der Waals surface area contributed by atoms with Crippen molar-refractivity contribution in [1.82, 2.24) is 14.8 Å². The highest BCUT2D eigenvalue weighted by Gasteiger charge is 2.26. The van der Waals surface area contributed by atoms with Crippen molar-refractivity contribution in [3.05, 3.63) is 102 Å². The molecule has 170 valence electrons. The number of pyridine rings is 1. The van der Waals surface area contributed by atoms with Crippen LogP contribution in [0.1, 0.15) is 26.3 Å². The van der Waals surface area contributed by atoms with Gasteiger partial charge in [-0.1, -0.05) is 66.7 Å². The Kier molecular flexibility index (Phi) is 6.06. The van der Waals surface area contributed by atoms with Crippen LogP contribution in [0.3, 0.4) is 0 Å². The number of carbonyl (C=O) groups excluding carboxylic acids is 1. The fourth-order valence-electron chi connectivity index (χ4n) is 4.58. The minimum absolute atomic E-state index is 0.0313. The monoisotopic (exact) mass is 451 g/mol. The molecule has 1 N–H and O–H groups in total. The van der Waals surface area contributed by atoms with E-state index < -0.39 is 5.97 Å². The quantitative estimate of drug-likeness (QED) is 0.482. The van der Waals surface area contributed by atoms with Gasteiger partial charge >= 0.3 is 5.97 Å². The third kappa shape index (κ3) is 4.28. The van der Waals surface area contributed by atoms with Gasteiger partial charge in [-0.2, -0.15) is 0 Å². The third-order valence-corrected chi connectivity index (χ3v) is 6.32. The van der Waals surface area contributed by atoms with Gasteiger partial charge in [-0.15, -0.1) is 0 Å². The number of carbonyl (C=O) groups is 2. The van der Waals surface area contributed by atoms with Gasteiger partial charge in [0.25, 0.3) is 5.91 Å². The second-order valence-corrected chi connectivity index (χ2v) is 8.44. The van der Waals surface area contributed by atoms with Gasteiger partial charge in [0.1, 0.15) is 0 Å². The number of hydrogen-bond acceptors (Lipinski definition) is 4. The van der Waals surface area contributed by atoms with Crippen molar-refractivity contribution in [3.8, 4) is 11.3 Å². The average molecular weight is 452 g/mol. The number of nitrogens with zero attached hydrogens (tertiary/aromatic N) is 3.